The molecule has 106 valence electrons. The molecule has 0 heterocycles. The quantitative estimate of drug-likeness (QED) is 0.646. The molecule has 3 N–H and O–H groups in total. The van der Waals surface area contributed by atoms with Crippen LogP contribution in [0.25, 0.3) is 0 Å². The number of benzene rings is 2. The third kappa shape index (κ3) is 2.82. The second-order valence-electron chi connectivity index (χ2n) is 3.95. The van der Waals surface area contributed by atoms with Crippen LogP contribution in [0.15, 0.2) is 28.7 Å². The summed E-state index contributed by atoms with van der Waals surface area (Å²) in [6.45, 7) is 0. The van der Waals surface area contributed by atoms with Gasteiger partial charge in [-0.05, 0) is 22.0 Å². The first-order valence-corrected chi connectivity index (χ1v) is 6.26. The lowest BCUT2D eigenvalue weighted by atomic mass is 10.2. The number of hydrogen-bond acceptors (Lipinski definition) is 3. The lowest BCUT2D eigenvalue weighted by molar-refractivity contribution is 0.416. The number of hydrogen-bond donors (Lipinski definition) is 2. The Kier molecular flexibility index (Phi) is 4.08. The van der Waals surface area contributed by atoms with Crippen LogP contribution in [0.2, 0.25) is 0 Å². The van der Waals surface area contributed by atoms with Gasteiger partial charge in [-0.25, -0.2) is 13.2 Å². The summed E-state index contributed by atoms with van der Waals surface area (Å²) in [6, 6.07) is 4.21. The maximum Gasteiger partial charge on any atom is 0.149 e. The van der Waals surface area contributed by atoms with Crippen molar-refractivity contribution in [2.45, 2.75) is 0 Å². The van der Waals surface area contributed by atoms with E-state index in [1.807, 2.05) is 0 Å². The number of nitrogens with two attached hydrogens (primary N) is 1. The molecule has 0 aromatic heterocycles. The topological polar surface area (TPSA) is 47.3 Å². The highest BCUT2D eigenvalue weighted by Gasteiger charge is 2.13. The summed E-state index contributed by atoms with van der Waals surface area (Å²) in [5.41, 5.74) is 5.55. The first kappa shape index (κ1) is 14.5. The summed E-state index contributed by atoms with van der Waals surface area (Å²) in [5, 5.41) is 2.53. The average molecular weight is 347 g/mol. The molecule has 0 amide bonds. The van der Waals surface area contributed by atoms with Crippen LogP contribution < -0.4 is 15.8 Å². The zero-order valence-electron chi connectivity index (χ0n) is 10.3. The number of ether oxygens (including phenoxy) is 1. The second kappa shape index (κ2) is 5.62. The monoisotopic (exact) mass is 346 g/mol. The zero-order chi connectivity index (χ0) is 14.9. The van der Waals surface area contributed by atoms with Gasteiger partial charge in [0.25, 0.3) is 0 Å². The number of nitrogen functional groups attached to an aromatic ring is 1. The fourth-order valence-corrected chi connectivity index (χ4v) is 1.95. The van der Waals surface area contributed by atoms with E-state index in [9.17, 15) is 13.2 Å². The molecule has 0 aliphatic heterocycles. The smallest absolute Gasteiger partial charge is 0.149 e. The molecule has 3 nitrogen and oxygen atoms in total. The summed E-state index contributed by atoms with van der Waals surface area (Å²) in [4.78, 5) is 0. The second-order valence-corrected chi connectivity index (χ2v) is 4.80. The third-order valence-corrected chi connectivity index (χ3v) is 3.21. The fourth-order valence-electron chi connectivity index (χ4n) is 1.60. The molecule has 20 heavy (non-hydrogen) atoms. The highest BCUT2D eigenvalue weighted by Crippen LogP contribution is 2.32. The van der Waals surface area contributed by atoms with Crippen molar-refractivity contribution in [1.82, 2.24) is 0 Å². The minimum Gasteiger partial charge on any atom is -0.495 e. The summed E-state index contributed by atoms with van der Waals surface area (Å²) in [5.74, 6) is -2.03. The number of nitrogens with one attached hydrogen (secondary N) is 1. The van der Waals surface area contributed by atoms with E-state index in [0.717, 1.165) is 6.07 Å². The van der Waals surface area contributed by atoms with Gasteiger partial charge in [0.05, 0.1) is 28.6 Å². The van der Waals surface area contributed by atoms with Gasteiger partial charge in [-0.3, -0.25) is 0 Å². The van der Waals surface area contributed by atoms with E-state index in [1.165, 1.54) is 19.2 Å². The lowest BCUT2D eigenvalue weighted by Gasteiger charge is -2.12. The molecule has 0 unspecified atom stereocenters. The Morgan fingerprint density at radius 1 is 1.00 bits per heavy atom. The molecular formula is C13H10BrF3N2O. The van der Waals surface area contributed by atoms with Gasteiger partial charge >= 0.3 is 0 Å². The van der Waals surface area contributed by atoms with Gasteiger partial charge in [0, 0.05) is 18.2 Å². The predicted molar refractivity (Wildman–Crippen MR) is 74.7 cm³/mol. The van der Waals surface area contributed by atoms with Crippen LogP contribution in [-0.2, 0) is 0 Å². The van der Waals surface area contributed by atoms with Crippen LogP contribution in [0.5, 0.6) is 5.75 Å². The molecule has 0 saturated heterocycles. The Bertz CT molecular complexity index is 665. The van der Waals surface area contributed by atoms with Crippen molar-refractivity contribution >= 4 is 33.0 Å². The van der Waals surface area contributed by atoms with E-state index < -0.39 is 17.5 Å². The van der Waals surface area contributed by atoms with Gasteiger partial charge in [0.2, 0.25) is 0 Å². The van der Waals surface area contributed by atoms with Crippen LogP contribution in [0, 0.1) is 17.5 Å². The normalized spacial score (nSPS) is 10.4. The van der Waals surface area contributed by atoms with Crippen molar-refractivity contribution < 1.29 is 17.9 Å². The summed E-state index contributed by atoms with van der Waals surface area (Å²) >= 11 is 2.93. The lowest BCUT2D eigenvalue weighted by Crippen LogP contribution is -2.00. The van der Waals surface area contributed by atoms with Gasteiger partial charge in [-0.2, -0.15) is 0 Å². The average Bonchev–Trinajstić information content (AvgIpc) is 2.38. The number of halogens is 4. The van der Waals surface area contributed by atoms with Gasteiger partial charge in [0.1, 0.15) is 23.2 Å². The molecule has 0 bridgehead atoms. The van der Waals surface area contributed by atoms with E-state index in [4.69, 9.17) is 10.5 Å². The Labute approximate surface area is 121 Å². The number of anilines is 3. The summed E-state index contributed by atoms with van der Waals surface area (Å²) < 4.78 is 45.5. The minimum atomic E-state index is -0.846. The molecule has 0 saturated carbocycles. The van der Waals surface area contributed by atoms with Crippen molar-refractivity contribution in [1.29, 1.82) is 0 Å². The van der Waals surface area contributed by atoms with Crippen molar-refractivity contribution in [3.8, 4) is 5.75 Å². The largest absolute Gasteiger partial charge is 0.495 e. The van der Waals surface area contributed by atoms with Crippen molar-refractivity contribution in [3.63, 3.8) is 0 Å². The third-order valence-electron chi connectivity index (χ3n) is 2.60. The van der Waals surface area contributed by atoms with E-state index in [-0.39, 0.29) is 27.3 Å². The minimum absolute atomic E-state index is 0.0338. The molecule has 2 rings (SSSR count). The van der Waals surface area contributed by atoms with Gasteiger partial charge in [0.15, 0.2) is 0 Å². The van der Waals surface area contributed by atoms with E-state index >= 15 is 0 Å². The summed E-state index contributed by atoms with van der Waals surface area (Å²) in [7, 11) is 1.38. The van der Waals surface area contributed by atoms with Crippen LogP contribution in [0.4, 0.5) is 30.2 Å². The van der Waals surface area contributed by atoms with E-state index in [1.54, 1.807) is 0 Å². The fraction of sp³-hybridized carbons (Fsp3) is 0.0769. The Hall–Kier alpha value is -1.89. The van der Waals surface area contributed by atoms with Crippen LogP contribution in [-0.4, -0.2) is 7.11 Å². The molecule has 2 aromatic rings. The van der Waals surface area contributed by atoms with Crippen molar-refractivity contribution in [3.05, 3.63) is 46.2 Å². The van der Waals surface area contributed by atoms with Crippen LogP contribution in [0.3, 0.4) is 0 Å². The number of rotatable bonds is 3. The standard InChI is InChI=1S/C13H10BrF3N2O/c1-20-13-5-12(9(17)4-10(13)18)19-11-2-6(14)7(15)3-8(11)16/h2-5,19H,18H2,1H3. The highest BCUT2D eigenvalue weighted by molar-refractivity contribution is 9.10. The molecule has 0 atom stereocenters. The maximum absolute atomic E-state index is 13.8. The Balaban J connectivity index is 2.42. The van der Waals surface area contributed by atoms with Crippen molar-refractivity contribution in [2.24, 2.45) is 0 Å². The number of methoxy groups -OCH3 is 1. The molecule has 0 fully saturated rings. The SMILES string of the molecule is COc1cc(Nc2cc(Br)c(F)cc2F)c(F)cc1N. The van der Waals surface area contributed by atoms with Gasteiger partial charge in [-0.1, -0.05) is 0 Å². The van der Waals surface area contributed by atoms with Crippen LogP contribution in [0.1, 0.15) is 0 Å². The van der Waals surface area contributed by atoms with E-state index in [0.29, 0.717) is 6.07 Å². The molecule has 0 spiro atoms. The molecule has 0 aliphatic rings. The molecular weight excluding hydrogens is 337 g/mol. The maximum atomic E-state index is 13.8. The molecule has 2 aromatic carbocycles. The molecule has 7 heteroatoms. The van der Waals surface area contributed by atoms with Crippen molar-refractivity contribution in [2.75, 3.05) is 18.2 Å². The highest BCUT2D eigenvalue weighted by atomic mass is 79.9. The summed E-state index contributed by atoms with van der Waals surface area (Å²) in [6.07, 6.45) is 0. The Morgan fingerprint density at radius 3 is 2.25 bits per heavy atom. The first-order valence-electron chi connectivity index (χ1n) is 5.47. The zero-order valence-corrected chi connectivity index (χ0v) is 11.9. The van der Waals surface area contributed by atoms with Crippen LogP contribution >= 0.6 is 15.9 Å². The van der Waals surface area contributed by atoms with Gasteiger partial charge < -0.3 is 15.8 Å². The Morgan fingerprint density at radius 2 is 1.60 bits per heavy atom. The van der Waals surface area contributed by atoms with E-state index in [2.05, 4.69) is 21.2 Å². The molecule has 0 aliphatic carbocycles. The first-order chi connectivity index (χ1) is 9.42. The molecule has 0 radical (unpaired) electrons. The van der Waals surface area contributed by atoms with Gasteiger partial charge in [-0.15, -0.1) is 0 Å². The predicted octanol–water partition coefficient (Wildman–Crippen LogP) is 4.20.